The van der Waals surface area contributed by atoms with Gasteiger partial charge in [-0.1, -0.05) is 32.9 Å². The van der Waals surface area contributed by atoms with E-state index in [1.165, 1.54) is 14.0 Å². The minimum atomic E-state index is -1.95. The molecule has 3 aliphatic rings. The van der Waals surface area contributed by atoms with Crippen LogP contribution in [0.5, 0.6) is 0 Å². The molecule has 4 heterocycles. The van der Waals surface area contributed by atoms with Crippen molar-refractivity contribution in [2.45, 2.75) is 186 Å². The quantitative estimate of drug-likeness (QED) is 0.0763. The minimum absolute atomic E-state index is 0.00894. The molecule has 17 atom stereocenters. The van der Waals surface area contributed by atoms with Gasteiger partial charge in [-0.05, 0) is 79.4 Å². The molecule has 3 saturated heterocycles. The third-order valence-corrected chi connectivity index (χ3v) is 13.0. The molecule has 1 aromatic rings. The Hall–Kier alpha value is -2.26. The number of aliphatic hydroxyl groups excluding tert-OH is 3. The van der Waals surface area contributed by atoms with E-state index in [0.29, 0.717) is 44.7 Å². The van der Waals surface area contributed by atoms with Crippen molar-refractivity contribution in [3.05, 3.63) is 24.2 Å². The van der Waals surface area contributed by atoms with Gasteiger partial charge in [0.15, 0.2) is 12.6 Å². The summed E-state index contributed by atoms with van der Waals surface area (Å²) < 4.78 is 42.8. The van der Waals surface area contributed by atoms with Crippen LogP contribution in [0.2, 0.25) is 0 Å². The Morgan fingerprint density at radius 2 is 1.61 bits per heavy atom. The molecule has 17 heteroatoms. The highest BCUT2D eigenvalue weighted by molar-refractivity contribution is 5.88. The second kappa shape index (κ2) is 22.6. The summed E-state index contributed by atoms with van der Waals surface area (Å²) in [4.78, 5) is 20.2. The molecule has 7 N–H and O–H groups in total. The molecule has 0 amide bonds. The number of carbonyl (C=O) groups is 1. The van der Waals surface area contributed by atoms with Gasteiger partial charge in [0.2, 0.25) is 0 Å². The van der Waals surface area contributed by atoms with Crippen LogP contribution in [0.15, 0.2) is 28.0 Å². The number of hydrogen-bond acceptors (Lipinski definition) is 17. The Labute approximate surface area is 362 Å². The number of ether oxygens (including phenoxy) is 6. The molecule has 0 unspecified atom stereocenters. The van der Waals surface area contributed by atoms with E-state index in [9.17, 15) is 30.3 Å². The zero-order valence-electron chi connectivity index (χ0n) is 38.2. The van der Waals surface area contributed by atoms with Crippen molar-refractivity contribution in [3.8, 4) is 0 Å². The van der Waals surface area contributed by atoms with E-state index in [4.69, 9.17) is 37.7 Å². The van der Waals surface area contributed by atoms with E-state index >= 15 is 0 Å². The van der Waals surface area contributed by atoms with E-state index in [1.807, 2.05) is 26.0 Å². The number of aliphatic hydroxyl groups is 5. The summed E-state index contributed by atoms with van der Waals surface area (Å²) in [5, 5.41) is 69.9. The summed E-state index contributed by atoms with van der Waals surface area (Å²) in [7, 11) is 1.50. The van der Waals surface area contributed by atoms with Crippen LogP contribution in [0.25, 0.3) is 0 Å². The summed E-state index contributed by atoms with van der Waals surface area (Å²) in [6, 6.07) is 3.74. The maximum Gasteiger partial charge on any atom is 0.311 e. The minimum Gasteiger partial charge on any atom is -0.468 e. The third-order valence-electron chi connectivity index (χ3n) is 13.0. The Bertz CT molecular complexity index is 1500. The zero-order valence-corrected chi connectivity index (χ0v) is 38.2. The highest BCUT2D eigenvalue weighted by atomic mass is 16.7. The fraction of sp³-hybridized carbons (Fsp3) is 0.864. The van der Waals surface area contributed by atoms with E-state index in [0.717, 1.165) is 5.76 Å². The molecule has 0 radical (unpaired) electrons. The summed E-state index contributed by atoms with van der Waals surface area (Å²) in [5.74, 6) is -3.13. The number of esters is 1. The highest BCUT2D eigenvalue weighted by Gasteiger charge is 2.53. The molecular formula is C44H77N3O14. The van der Waals surface area contributed by atoms with E-state index < -0.39 is 102 Å². The topological polar surface area (TPSA) is 232 Å². The second-order valence-corrected chi connectivity index (χ2v) is 18.3. The standard InChI is InChI=1S/C44H77N3O14/c1-12-33-44(10,53)37(49)27(4)35(47-56-21-19-45-17-18-46-24-31-14-13-20-55-31)25(2)22-42(8,52)39(61-41-32(48)16-15-26(3)57-41)28(5)36(29(6)40(51)59-33)60-34-23-43(9,54-11)38(50)30(7)58-34/h13-14,20,25-30,32-34,36-39,41,45-46,48-50,52-53H,12,15-19,21-24H2,1-11H3/t25-,26-,27+,28+,29-,30+,32+,33-,34+,36+,37+,38-,39+,41+,42-,43-,44-/m1/s1. The molecule has 1 aromatic heterocycles. The van der Waals surface area contributed by atoms with Crippen molar-refractivity contribution in [1.29, 1.82) is 0 Å². The van der Waals surface area contributed by atoms with E-state index in [-0.39, 0.29) is 32.0 Å². The summed E-state index contributed by atoms with van der Waals surface area (Å²) in [5.41, 5.74) is -4.35. The van der Waals surface area contributed by atoms with Gasteiger partial charge in [-0.15, -0.1) is 0 Å². The smallest absolute Gasteiger partial charge is 0.311 e. The maximum absolute atomic E-state index is 14.3. The van der Waals surface area contributed by atoms with Crippen molar-refractivity contribution in [1.82, 2.24) is 10.6 Å². The molecule has 0 spiro atoms. The highest BCUT2D eigenvalue weighted by Crippen LogP contribution is 2.41. The van der Waals surface area contributed by atoms with E-state index in [2.05, 4.69) is 15.8 Å². The molecule has 3 aliphatic heterocycles. The third kappa shape index (κ3) is 13.2. The molecule has 352 valence electrons. The Kier molecular flexibility index (Phi) is 19.0. The number of methoxy groups -OCH3 is 1. The summed E-state index contributed by atoms with van der Waals surface area (Å²) >= 11 is 0. The fourth-order valence-corrected chi connectivity index (χ4v) is 9.16. The predicted molar refractivity (Wildman–Crippen MR) is 225 cm³/mol. The number of hydrogen-bond donors (Lipinski definition) is 7. The van der Waals surface area contributed by atoms with Crippen LogP contribution in [-0.4, -0.2) is 149 Å². The van der Waals surface area contributed by atoms with Crippen LogP contribution in [0.3, 0.4) is 0 Å². The first kappa shape index (κ1) is 51.4. The number of nitrogens with one attached hydrogen (secondary N) is 2. The summed E-state index contributed by atoms with van der Waals surface area (Å²) in [6.07, 6.45) is -6.86. The zero-order chi connectivity index (χ0) is 45.3. The molecule has 0 bridgehead atoms. The van der Waals surface area contributed by atoms with Gasteiger partial charge < -0.3 is 73.8 Å². The van der Waals surface area contributed by atoms with Gasteiger partial charge in [-0.25, -0.2) is 0 Å². The Morgan fingerprint density at radius 3 is 2.26 bits per heavy atom. The average molecular weight is 872 g/mol. The van der Waals surface area contributed by atoms with E-state index in [1.54, 1.807) is 54.7 Å². The van der Waals surface area contributed by atoms with Crippen molar-refractivity contribution >= 4 is 11.7 Å². The van der Waals surface area contributed by atoms with Crippen molar-refractivity contribution in [3.63, 3.8) is 0 Å². The average Bonchev–Trinajstić information content (AvgIpc) is 3.73. The van der Waals surface area contributed by atoms with Crippen molar-refractivity contribution < 1.29 is 68.0 Å². The van der Waals surface area contributed by atoms with Gasteiger partial charge in [-0.2, -0.15) is 0 Å². The number of oxime groups is 1. The van der Waals surface area contributed by atoms with Gasteiger partial charge >= 0.3 is 5.97 Å². The van der Waals surface area contributed by atoms with Crippen LogP contribution in [0.4, 0.5) is 0 Å². The Morgan fingerprint density at radius 1 is 0.902 bits per heavy atom. The lowest BCUT2D eigenvalue weighted by Crippen LogP contribution is -2.60. The number of rotatable bonds is 15. The lowest BCUT2D eigenvalue weighted by molar-refractivity contribution is -0.314. The van der Waals surface area contributed by atoms with Crippen molar-refractivity contribution in [2.75, 3.05) is 33.4 Å². The first-order chi connectivity index (χ1) is 28.7. The van der Waals surface area contributed by atoms with Crippen LogP contribution < -0.4 is 10.6 Å². The molecule has 0 aliphatic carbocycles. The van der Waals surface area contributed by atoms with Gasteiger partial charge in [-0.3, -0.25) is 4.79 Å². The number of furan rings is 1. The first-order valence-electron chi connectivity index (χ1n) is 22.2. The summed E-state index contributed by atoms with van der Waals surface area (Å²) in [6.45, 7) is 19.7. The predicted octanol–water partition coefficient (Wildman–Crippen LogP) is 3.02. The Balaban J connectivity index is 1.69. The molecule has 4 rings (SSSR count). The SMILES string of the molecule is CC[C@H]1OC(=O)[C@H](C)[C@@H](O[C@H]2C[C@@](C)(OC)[C@H](O)[C@H](C)O2)[C@H](C)[C@H](O[C@@H]2O[C@H](C)CC[C@@H]2O)[C@](C)(O)C[C@@H](C)C(=NOCCNCCNCc2ccco2)[C@H](C)[C@H](O)[C@]1(C)O. The maximum atomic E-state index is 14.3. The van der Waals surface area contributed by atoms with Gasteiger partial charge in [0.05, 0.1) is 66.2 Å². The van der Waals surface area contributed by atoms with Crippen molar-refractivity contribution in [2.24, 2.45) is 28.8 Å². The van der Waals surface area contributed by atoms with Gasteiger partial charge in [0.1, 0.15) is 36.3 Å². The number of carbonyl (C=O) groups excluding carboxylic acids is 1. The number of cyclic esters (lactones) is 1. The normalized spacial score (nSPS) is 42.8. The second-order valence-electron chi connectivity index (χ2n) is 18.3. The first-order valence-corrected chi connectivity index (χ1v) is 22.2. The molecule has 0 saturated carbocycles. The monoisotopic (exact) mass is 872 g/mol. The van der Waals surface area contributed by atoms with Crippen LogP contribution in [-0.2, 0) is 44.6 Å². The molecule has 0 aromatic carbocycles. The molecular weight excluding hydrogens is 794 g/mol. The largest absolute Gasteiger partial charge is 0.468 e. The molecule has 17 nitrogen and oxygen atoms in total. The van der Waals surface area contributed by atoms with Gasteiger partial charge in [0, 0.05) is 50.9 Å². The lowest BCUT2D eigenvalue weighted by Gasteiger charge is -2.48. The van der Waals surface area contributed by atoms with Crippen LogP contribution in [0.1, 0.15) is 107 Å². The van der Waals surface area contributed by atoms with Crippen LogP contribution >= 0.6 is 0 Å². The molecule has 3 fully saturated rings. The van der Waals surface area contributed by atoms with Crippen LogP contribution in [0, 0.1) is 23.7 Å². The number of nitrogens with zero attached hydrogens (tertiary/aromatic N) is 1. The molecule has 61 heavy (non-hydrogen) atoms. The lowest BCUT2D eigenvalue weighted by atomic mass is 9.73. The fourth-order valence-electron chi connectivity index (χ4n) is 9.16. The van der Waals surface area contributed by atoms with Gasteiger partial charge in [0.25, 0.3) is 0 Å².